The average molecular weight is 500 g/mol. The van der Waals surface area contributed by atoms with Gasteiger partial charge in [-0.3, -0.25) is 4.79 Å². The maximum absolute atomic E-state index is 13.8. The van der Waals surface area contributed by atoms with Gasteiger partial charge >= 0.3 is 0 Å². The number of hydrogen-bond acceptors (Lipinski definition) is 7. The first-order valence-corrected chi connectivity index (χ1v) is 13.2. The molecule has 8 rings (SSSR count). The van der Waals surface area contributed by atoms with Gasteiger partial charge in [-0.15, -0.1) is 0 Å². The van der Waals surface area contributed by atoms with E-state index in [0.717, 1.165) is 72.8 Å². The molecule has 4 fully saturated rings. The number of ether oxygens (including phenoxy) is 1. The summed E-state index contributed by atoms with van der Waals surface area (Å²) in [5.41, 5.74) is 8.62. The van der Waals surface area contributed by atoms with E-state index in [2.05, 4.69) is 29.1 Å². The van der Waals surface area contributed by atoms with Gasteiger partial charge in [0.1, 0.15) is 29.1 Å². The third-order valence-electron chi connectivity index (χ3n) is 9.05. The molecule has 0 spiro atoms. The molecule has 0 aliphatic heterocycles. The van der Waals surface area contributed by atoms with Crippen LogP contribution in [0.5, 0.6) is 5.75 Å². The average Bonchev–Trinajstić information content (AvgIpc) is 3.55. The van der Waals surface area contributed by atoms with Crippen molar-refractivity contribution >= 4 is 22.1 Å². The molecule has 9 heteroatoms. The number of methoxy groups -OCH3 is 1. The molecular formula is C28H33N7O2. The van der Waals surface area contributed by atoms with Gasteiger partial charge in [-0.25, -0.2) is 14.5 Å². The van der Waals surface area contributed by atoms with Crippen molar-refractivity contribution in [1.82, 2.24) is 29.0 Å². The molecule has 2 N–H and O–H groups in total. The van der Waals surface area contributed by atoms with E-state index in [1.54, 1.807) is 7.11 Å². The van der Waals surface area contributed by atoms with Gasteiger partial charge in [0, 0.05) is 29.0 Å². The number of nitrogen functional groups attached to an aromatic ring is 1. The maximum atomic E-state index is 13.8. The molecule has 0 unspecified atom stereocenters. The molecule has 0 atom stereocenters. The molecule has 0 saturated heterocycles. The number of aromatic nitrogens is 5. The normalized spacial score (nSPS) is 26.5. The topological polar surface area (TPSA) is 104 Å². The van der Waals surface area contributed by atoms with Crippen molar-refractivity contribution in [3.05, 3.63) is 46.9 Å². The highest BCUT2D eigenvalue weighted by Crippen LogP contribution is 2.56. The van der Waals surface area contributed by atoms with Crippen LogP contribution < -0.4 is 16.0 Å². The van der Waals surface area contributed by atoms with Gasteiger partial charge in [0.2, 0.25) is 0 Å². The highest BCUT2D eigenvalue weighted by molar-refractivity contribution is 5.94. The Bertz CT molecular complexity index is 1590. The molecule has 4 aliphatic carbocycles. The van der Waals surface area contributed by atoms with Gasteiger partial charge < -0.3 is 19.9 Å². The Labute approximate surface area is 215 Å². The fourth-order valence-corrected chi connectivity index (χ4v) is 7.24. The zero-order chi connectivity index (χ0) is 25.5. The fraction of sp³-hybridized carbons (Fsp3) is 0.500. The second-order valence-electron chi connectivity index (χ2n) is 11.7. The fourth-order valence-electron chi connectivity index (χ4n) is 7.24. The summed E-state index contributed by atoms with van der Waals surface area (Å²) in [6, 6.07) is 5.91. The molecule has 2 bridgehead atoms. The Balaban J connectivity index is 1.36. The minimum Gasteiger partial charge on any atom is -0.495 e. The first kappa shape index (κ1) is 22.7. The Hall–Kier alpha value is -3.46. The number of benzene rings is 1. The molecule has 9 nitrogen and oxygen atoms in total. The lowest BCUT2D eigenvalue weighted by atomic mass is 9.74. The lowest BCUT2D eigenvalue weighted by Gasteiger charge is -2.40. The summed E-state index contributed by atoms with van der Waals surface area (Å²) in [5, 5.41) is 6.00. The van der Waals surface area contributed by atoms with Crippen molar-refractivity contribution in [2.24, 2.45) is 11.8 Å². The predicted molar refractivity (Wildman–Crippen MR) is 143 cm³/mol. The van der Waals surface area contributed by atoms with Crippen molar-refractivity contribution in [2.75, 3.05) is 33.5 Å². The van der Waals surface area contributed by atoms with Crippen LogP contribution in [-0.4, -0.2) is 56.8 Å². The zero-order valence-electron chi connectivity index (χ0n) is 21.6. The van der Waals surface area contributed by atoms with Crippen LogP contribution in [0.15, 0.2) is 35.5 Å². The van der Waals surface area contributed by atoms with E-state index in [0.29, 0.717) is 28.6 Å². The maximum Gasteiger partial charge on any atom is 0.259 e. The van der Waals surface area contributed by atoms with Crippen LogP contribution in [0.25, 0.3) is 27.5 Å². The molecule has 3 aromatic heterocycles. The van der Waals surface area contributed by atoms with Gasteiger partial charge in [0.25, 0.3) is 5.56 Å². The summed E-state index contributed by atoms with van der Waals surface area (Å²) in [5.74, 6) is 3.77. The van der Waals surface area contributed by atoms with Gasteiger partial charge in [0.05, 0.1) is 18.7 Å². The van der Waals surface area contributed by atoms with Crippen LogP contribution in [0.4, 0.5) is 5.82 Å². The minimum atomic E-state index is -0.0565. The minimum absolute atomic E-state index is 0.0384. The van der Waals surface area contributed by atoms with Crippen LogP contribution in [0.2, 0.25) is 0 Å². The first-order chi connectivity index (χ1) is 17.9. The summed E-state index contributed by atoms with van der Waals surface area (Å²) < 4.78 is 9.56. The van der Waals surface area contributed by atoms with Gasteiger partial charge in [0.15, 0.2) is 5.82 Å². The van der Waals surface area contributed by atoms with E-state index >= 15 is 0 Å². The molecule has 37 heavy (non-hydrogen) atoms. The molecule has 4 aromatic rings. The van der Waals surface area contributed by atoms with E-state index in [-0.39, 0.29) is 11.1 Å². The molecule has 1 aromatic carbocycles. The summed E-state index contributed by atoms with van der Waals surface area (Å²) in [4.78, 5) is 25.4. The van der Waals surface area contributed by atoms with E-state index in [1.165, 1.54) is 12.7 Å². The van der Waals surface area contributed by atoms with Gasteiger partial charge in [-0.1, -0.05) is 6.07 Å². The zero-order valence-corrected chi connectivity index (χ0v) is 21.6. The number of rotatable bonds is 6. The molecule has 0 radical (unpaired) electrons. The number of hydrogen-bond donors (Lipinski definition) is 1. The second kappa shape index (κ2) is 8.02. The molecule has 4 saturated carbocycles. The number of pyridine rings is 1. The van der Waals surface area contributed by atoms with E-state index in [4.69, 9.17) is 15.5 Å². The standard InChI is InChI=1S/C28H33N7O2/c1-33(2)13-17-8-19(9-17)26-32-23(24-25(29)30-15-31-35(24)26)18-4-5-20-21(10-18)27(36)34(14-22(20)37-3)28-7-6-16(11-28)12-28/h4-5,10,14-17,19H,6-9,11-13H2,1-3H3,(H2,29,30,31). The Kier molecular flexibility index (Phi) is 4.92. The summed E-state index contributed by atoms with van der Waals surface area (Å²) in [7, 11) is 5.90. The van der Waals surface area contributed by atoms with Crippen molar-refractivity contribution in [3.63, 3.8) is 0 Å². The van der Waals surface area contributed by atoms with Crippen molar-refractivity contribution < 1.29 is 4.74 Å². The van der Waals surface area contributed by atoms with Crippen molar-refractivity contribution in [3.8, 4) is 17.0 Å². The molecular weight excluding hydrogens is 466 g/mol. The highest BCUT2D eigenvalue weighted by Gasteiger charge is 2.52. The van der Waals surface area contributed by atoms with Crippen molar-refractivity contribution in [1.29, 1.82) is 0 Å². The van der Waals surface area contributed by atoms with Crippen LogP contribution in [0.3, 0.4) is 0 Å². The van der Waals surface area contributed by atoms with E-state index in [1.807, 2.05) is 33.5 Å². The molecule has 0 amide bonds. The monoisotopic (exact) mass is 499 g/mol. The second-order valence-corrected chi connectivity index (χ2v) is 11.7. The van der Waals surface area contributed by atoms with Crippen LogP contribution >= 0.6 is 0 Å². The highest BCUT2D eigenvalue weighted by atomic mass is 16.5. The summed E-state index contributed by atoms with van der Waals surface area (Å²) in [6.45, 7) is 1.07. The third kappa shape index (κ3) is 3.32. The quantitative estimate of drug-likeness (QED) is 0.432. The first-order valence-electron chi connectivity index (χ1n) is 13.2. The predicted octanol–water partition coefficient (Wildman–Crippen LogP) is 3.65. The number of fused-ring (bicyclic) bond motifs is 3. The SMILES string of the molecule is COc1cn(C23CCC(C2)C3)c(=O)c2cc(-c3nc(C4CC(CN(C)C)C4)n4ncnc(N)c34)ccc12. The van der Waals surface area contributed by atoms with Crippen molar-refractivity contribution in [2.45, 2.75) is 50.0 Å². The summed E-state index contributed by atoms with van der Waals surface area (Å²) >= 11 is 0. The van der Waals surface area contributed by atoms with E-state index < -0.39 is 0 Å². The van der Waals surface area contributed by atoms with Crippen LogP contribution in [-0.2, 0) is 5.54 Å². The largest absolute Gasteiger partial charge is 0.495 e. The van der Waals surface area contributed by atoms with Gasteiger partial charge in [-0.05, 0) is 76.6 Å². The Morgan fingerprint density at radius 3 is 2.73 bits per heavy atom. The molecule has 192 valence electrons. The molecule has 3 heterocycles. The lowest BCUT2D eigenvalue weighted by Crippen LogP contribution is -2.44. The van der Waals surface area contributed by atoms with Gasteiger partial charge in [-0.2, -0.15) is 5.10 Å². The number of imidazole rings is 1. The smallest absolute Gasteiger partial charge is 0.259 e. The number of anilines is 1. The van der Waals surface area contributed by atoms with Crippen LogP contribution in [0.1, 0.15) is 50.3 Å². The Morgan fingerprint density at radius 1 is 1.22 bits per heavy atom. The van der Waals surface area contributed by atoms with E-state index in [9.17, 15) is 4.79 Å². The van der Waals surface area contributed by atoms with Crippen LogP contribution in [0, 0.1) is 11.8 Å². The number of nitrogens with zero attached hydrogens (tertiary/aromatic N) is 6. The Morgan fingerprint density at radius 2 is 2.03 bits per heavy atom. The third-order valence-corrected chi connectivity index (χ3v) is 9.05. The summed E-state index contributed by atoms with van der Waals surface area (Å²) in [6.07, 6.45) is 9.98. The number of nitrogens with two attached hydrogens (primary N) is 1. The lowest BCUT2D eigenvalue weighted by molar-refractivity contribution is 0.147. The molecule has 4 aliphatic rings.